The summed E-state index contributed by atoms with van der Waals surface area (Å²) in [6.07, 6.45) is 8.71. The first kappa shape index (κ1) is 20.2. The lowest BCUT2D eigenvalue weighted by Gasteiger charge is -2.32. The average molecular weight is 420 g/mol. The molecule has 3 aromatic carbocycles. The molecular weight excluding hydrogens is 397 g/mol. The average Bonchev–Trinajstić information content (AvgIpc) is 3.52. The van der Waals surface area contributed by atoms with Crippen molar-refractivity contribution in [3.8, 4) is 11.3 Å². The molecule has 1 heterocycles. The predicted molar refractivity (Wildman–Crippen MR) is 129 cm³/mol. The van der Waals surface area contributed by atoms with Crippen molar-refractivity contribution in [2.75, 3.05) is 0 Å². The van der Waals surface area contributed by atoms with E-state index in [1.165, 1.54) is 22.2 Å². The number of hydrogen-bond donors (Lipinski definition) is 0. The summed E-state index contributed by atoms with van der Waals surface area (Å²) in [6.45, 7) is 2.20. The summed E-state index contributed by atoms with van der Waals surface area (Å²) in [5.74, 6) is 1.29. The summed E-state index contributed by atoms with van der Waals surface area (Å²) >= 11 is 0. The predicted octanol–water partition coefficient (Wildman–Crippen LogP) is 5.37. The molecule has 1 saturated carbocycles. The number of benzene rings is 3. The van der Waals surface area contributed by atoms with Gasteiger partial charge < -0.3 is 0 Å². The quantitative estimate of drug-likeness (QED) is 0.393. The largest absolute Gasteiger partial charge is 0.249 e. The smallest absolute Gasteiger partial charge is 0.113 e. The molecule has 1 fully saturated rings. The number of rotatable bonds is 6. The van der Waals surface area contributed by atoms with Crippen molar-refractivity contribution in [2.24, 2.45) is 0 Å². The van der Waals surface area contributed by atoms with Gasteiger partial charge in [-0.2, -0.15) is 0 Å². The zero-order valence-electron chi connectivity index (χ0n) is 17.3. The Kier molecular flexibility index (Phi) is 5.95. The summed E-state index contributed by atoms with van der Waals surface area (Å²) in [5, 5.41) is 11.6. The van der Waals surface area contributed by atoms with Crippen LogP contribution >= 0.6 is 7.92 Å². The molecule has 0 amide bonds. The molecule has 5 rings (SSSR count). The van der Waals surface area contributed by atoms with Gasteiger partial charge in [-0.1, -0.05) is 96.2 Å². The Balaban J connectivity index is 1.46. The van der Waals surface area contributed by atoms with Gasteiger partial charge in [-0.05, 0) is 44.7 Å². The van der Waals surface area contributed by atoms with E-state index in [4.69, 9.17) is 0 Å². The highest BCUT2D eigenvalue weighted by molar-refractivity contribution is 7.76. The SMILES string of the molecule is C[C@@H]([C]1[CH][CH][CH][C]1P(c1ccccc1)c1ccccc1)n1cc(-c2ccccc2)nn1. The van der Waals surface area contributed by atoms with E-state index in [1.807, 2.05) is 29.1 Å². The summed E-state index contributed by atoms with van der Waals surface area (Å²) in [5.41, 5.74) is 3.35. The van der Waals surface area contributed by atoms with Crippen LogP contribution in [0.2, 0.25) is 0 Å². The maximum atomic E-state index is 4.47. The number of aromatic nitrogens is 3. The number of nitrogens with zero attached hydrogens (tertiary/aromatic N) is 3. The third-order valence-electron chi connectivity index (χ3n) is 5.52. The Bertz CT molecular complexity index is 1060. The van der Waals surface area contributed by atoms with E-state index in [0.29, 0.717) is 0 Å². The molecule has 1 aliphatic carbocycles. The fourth-order valence-electron chi connectivity index (χ4n) is 3.91. The molecule has 1 aromatic heterocycles. The van der Waals surface area contributed by atoms with E-state index in [0.717, 1.165) is 11.3 Å². The molecule has 5 radical (unpaired) electrons. The molecular formula is C27H23N3P. The molecule has 0 aliphatic heterocycles. The topological polar surface area (TPSA) is 30.7 Å². The van der Waals surface area contributed by atoms with Crippen LogP contribution in [0.1, 0.15) is 13.0 Å². The monoisotopic (exact) mass is 420 g/mol. The Morgan fingerprint density at radius 1 is 0.742 bits per heavy atom. The second-order valence-electron chi connectivity index (χ2n) is 7.50. The van der Waals surface area contributed by atoms with Gasteiger partial charge in [-0.25, -0.2) is 4.68 Å². The molecule has 31 heavy (non-hydrogen) atoms. The van der Waals surface area contributed by atoms with Crippen LogP contribution in [0.25, 0.3) is 11.3 Å². The molecule has 3 nitrogen and oxygen atoms in total. The van der Waals surface area contributed by atoms with Crippen LogP contribution in [0.5, 0.6) is 0 Å². The lowest BCUT2D eigenvalue weighted by Crippen LogP contribution is -2.23. The minimum Gasteiger partial charge on any atom is -0.249 e. The fourth-order valence-corrected chi connectivity index (χ4v) is 6.46. The highest BCUT2D eigenvalue weighted by Gasteiger charge is 2.40. The minimum atomic E-state index is -0.651. The summed E-state index contributed by atoms with van der Waals surface area (Å²) in [7, 11) is -0.651. The van der Waals surface area contributed by atoms with Crippen LogP contribution < -0.4 is 10.6 Å². The third kappa shape index (κ3) is 4.20. The zero-order chi connectivity index (χ0) is 21.0. The second kappa shape index (κ2) is 9.16. The van der Waals surface area contributed by atoms with Crippen LogP contribution in [-0.2, 0) is 0 Å². The first-order valence-electron chi connectivity index (χ1n) is 10.4. The van der Waals surface area contributed by atoms with Crippen LogP contribution in [0.4, 0.5) is 0 Å². The van der Waals surface area contributed by atoms with Gasteiger partial charge in [-0.3, -0.25) is 0 Å². The summed E-state index contributed by atoms with van der Waals surface area (Å²) in [6, 6.07) is 31.9. The Labute approximate surface area is 185 Å². The second-order valence-corrected chi connectivity index (χ2v) is 9.68. The minimum absolute atomic E-state index is 0.0902. The van der Waals surface area contributed by atoms with Gasteiger partial charge in [0.2, 0.25) is 0 Å². The molecule has 4 aromatic rings. The first-order valence-corrected chi connectivity index (χ1v) is 11.8. The molecule has 0 unspecified atom stereocenters. The van der Waals surface area contributed by atoms with E-state index < -0.39 is 7.92 Å². The standard InChI is InChI=1S/C27H23N3P/c1-21(30-20-26(28-29-30)22-12-5-2-6-13-22)25-18-11-19-27(25)31(23-14-7-3-8-15-23)24-16-9-4-10-17-24/h2-21H,1H3/t21-/m0/s1. The van der Waals surface area contributed by atoms with Crippen LogP contribution in [-0.4, -0.2) is 15.0 Å². The van der Waals surface area contributed by atoms with Crippen molar-refractivity contribution in [1.82, 2.24) is 15.0 Å². The van der Waals surface area contributed by atoms with E-state index in [1.54, 1.807) is 0 Å². The Morgan fingerprint density at radius 3 is 1.94 bits per heavy atom. The van der Waals surface area contributed by atoms with E-state index >= 15 is 0 Å². The van der Waals surface area contributed by atoms with Gasteiger partial charge in [0, 0.05) is 17.1 Å². The van der Waals surface area contributed by atoms with Gasteiger partial charge in [0.25, 0.3) is 0 Å². The Hall–Kier alpha value is -2.77. The molecule has 0 bridgehead atoms. The molecule has 0 saturated heterocycles. The highest BCUT2D eigenvalue weighted by Crippen LogP contribution is 2.58. The lowest BCUT2D eigenvalue weighted by atomic mass is 9.99. The fraction of sp³-hybridized carbons (Fsp3) is 0.0741. The summed E-state index contributed by atoms with van der Waals surface area (Å²) in [4.78, 5) is 0. The maximum Gasteiger partial charge on any atom is 0.113 e. The van der Waals surface area contributed by atoms with Crippen molar-refractivity contribution in [2.45, 2.75) is 13.0 Å². The lowest BCUT2D eigenvalue weighted by molar-refractivity contribution is 0.506. The Morgan fingerprint density at radius 2 is 1.32 bits per heavy atom. The van der Waals surface area contributed by atoms with E-state index in [9.17, 15) is 0 Å². The van der Waals surface area contributed by atoms with Crippen LogP contribution in [0, 0.1) is 30.8 Å². The van der Waals surface area contributed by atoms with E-state index in [-0.39, 0.29) is 6.04 Å². The van der Waals surface area contributed by atoms with E-state index in [2.05, 4.69) is 109 Å². The molecule has 0 N–H and O–H groups in total. The van der Waals surface area contributed by atoms with Crippen LogP contribution in [0.3, 0.4) is 0 Å². The van der Waals surface area contributed by atoms with Crippen molar-refractivity contribution in [3.05, 3.63) is 128 Å². The van der Waals surface area contributed by atoms with Crippen molar-refractivity contribution < 1.29 is 0 Å². The van der Waals surface area contributed by atoms with Gasteiger partial charge in [0.1, 0.15) is 5.69 Å². The molecule has 151 valence electrons. The van der Waals surface area contributed by atoms with Gasteiger partial charge in [0.05, 0.1) is 12.2 Å². The van der Waals surface area contributed by atoms with Crippen molar-refractivity contribution in [1.29, 1.82) is 0 Å². The van der Waals surface area contributed by atoms with Crippen LogP contribution in [0.15, 0.2) is 97.2 Å². The zero-order valence-corrected chi connectivity index (χ0v) is 18.2. The van der Waals surface area contributed by atoms with Crippen molar-refractivity contribution >= 4 is 18.5 Å². The number of hydrogen-bond acceptors (Lipinski definition) is 2. The normalized spacial score (nSPS) is 16.1. The van der Waals surface area contributed by atoms with Gasteiger partial charge in [0.15, 0.2) is 0 Å². The molecule has 0 spiro atoms. The van der Waals surface area contributed by atoms with Crippen molar-refractivity contribution in [3.63, 3.8) is 0 Å². The third-order valence-corrected chi connectivity index (χ3v) is 8.04. The molecule has 4 heteroatoms. The molecule has 1 aliphatic rings. The highest BCUT2D eigenvalue weighted by atomic mass is 31.1. The molecule has 1 atom stereocenters. The summed E-state index contributed by atoms with van der Waals surface area (Å²) < 4.78 is 1.98. The van der Waals surface area contributed by atoms with Gasteiger partial charge in [-0.15, -0.1) is 5.10 Å². The van der Waals surface area contributed by atoms with Gasteiger partial charge >= 0.3 is 0 Å². The maximum absolute atomic E-state index is 4.47. The first-order chi connectivity index (χ1) is 15.3.